The van der Waals surface area contributed by atoms with E-state index in [1.807, 2.05) is 6.26 Å². The van der Waals surface area contributed by atoms with Gasteiger partial charge < -0.3 is 10.6 Å². The minimum absolute atomic E-state index is 0.0263. The number of halogens is 2. The van der Waals surface area contributed by atoms with Crippen LogP contribution in [0, 0.1) is 5.41 Å². The summed E-state index contributed by atoms with van der Waals surface area (Å²) in [4.78, 5) is 4.01. The third kappa shape index (κ3) is 4.39. The van der Waals surface area contributed by atoms with Crippen LogP contribution in [-0.2, 0) is 0 Å². The summed E-state index contributed by atoms with van der Waals surface area (Å²) in [6.45, 7) is 6.34. The van der Waals surface area contributed by atoms with Crippen LogP contribution in [0.4, 0.5) is 4.39 Å². The summed E-state index contributed by atoms with van der Waals surface area (Å²) in [6.07, 6.45) is 3.27. The lowest BCUT2D eigenvalue weighted by Gasteiger charge is -2.32. The fourth-order valence-electron chi connectivity index (χ4n) is 1.37. The largest absolute Gasteiger partial charge is 0.364 e. The van der Waals surface area contributed by atoms with Gasteiger partial charge in [-0.2, -0.15) is 11.8 Å². The van der Waals surface area contributed by atoms with E-state index in [9.17, 15) is 4.39 Å². The van der Waals surface area contributed by atoms with Gasteiger partial charge in [-0.1, -0.05) is 32.4 Å². The van der Waals surface area contributed by atoms with Crippen molar-refractivity contribution < 1.29 is 4.39 Å². The molecule has 0 saturated heterocycles. The fraction of sp³-hybridized carbons (Fsp3) is 0.727. The van der Waals surface area contributed by atoms with Gasteiger partial charge in [-0.3, -0.25) is 0 Å². The van der Waals surface area contributed by atoms with Crippen molar-refractivity contribution in [3.05, 3.63) is 12.0 Å². The van der Waals surface area contributed by atoms with Gasteiger partial charge in [0.05, 0.1) is 0 Å². The third-order valence-corrected chi connectivity index (χ3v) is 3.40. The molecule has 0 aliphatic carbocycles. The zero-order valence-corrected chi connectivity index (χ0v) is 12.1. The van der Waals surface area contributed by atoms with Crippen molar-refractivity contribution in [1.29, 1.82) is 0 Å². The molecule has 0 saturated carbocycles. The predicted molar refractivity (Wildman–Crippen MR) is 74.2 cm³/mol. The maximum Gasteiger partial charge on any atom is 0.197 e. The Morgan fingerprint density at radius 2 is 2.29 bits per heavy atom. The highest BCUT2D eigenvalue weighted by Gasteiger charge is 2.27. The minimum Gasteiger partial charge on any atom is -0.364 e. The summed E-state index contributed by atoms with van der Waals surface area (Å²) >= 11 is 7.52. The lowest BCUT2D eigenvalue weighted by molar-refractivity contribution is 0.319. The van der Waals surface area contributed by atoms with Crippen molar-refractivity contribution in [2.75, 3.05) is 12.0 Å². The van der Waals surface area contributed by atoms with Crippen LogP contribution in [-0.4, -0.2) is 29.5 Å². The summed E-state index contributed by atoms with van der Waals surface area (Å²) < 4.78 is 13.6. The van der Waals surface area contributed by atoms with Crippen molar-refractivity contribution in [3.63, 3.8) is 0 Å². The van der Waals surface area contributed by atoms with Crippen molar-refractivity contribution in [2.24, 2.45) is 10.4 Å². The first-order chi connectivity index (χ1) is 7.84. The summed E-state index contributed by atoms with van der Waals surface area (Å²) in [7, 11) is 0. The van der Waals surface area contributed by atoms with Crippen LogP contribution in [0.3, 0.4) is 0 Å². The zero-order chi connectivity index (χ0) is 13.1. The second kappa shape index (κ2) is 5.96. The molecular formula is C11H19ClFN3S. The number of nitrogens with zero attached hydrogens (tertiary/aromatic N) is 1. The molecule has 1 unspecified atom stereocenters. The van der Waals surface area contributed by atoms with Crippen LogP contribution in [0.5, 0.6) is 0 Å². The highest BCUT2D eigenvalue weighted by atomic mass is 35.5. The van der Waals surface area contributed by atoms with Crippen molar-refractivity contribution in [2.45, 2.75) is 32.4 Å². The SMILES string of the molecule is CSC[C@@H](NC1=NC(Cl)NC=C1F)C(C)(C)C. The van der Waals surface area contributed by atoms with Crippen LogP contribution in [0.1, 0.15) is 20.8 Å². The van der Waals surface area contributed by atoms with E-state index in [2.05, 4.69) is 36.4 Å². The zero-order valence-electron chi connectivity index (χ0n) is 10.6. The predicted octanol–water partition coefficient (Wildman–Crippen LogP) is 2.69. The lowest BCUT2D eigenvalue weighted by Crippen LogP contribution is -2.47. The molecule has 0 bridgehead atoms. The molecule has 1 aliphatic rings. The number of hydrogen-bond acceptors (Lipinski definition) is 4. The Kier molecular flexibility index (Phi) is 5.13. The van der Waals surface area contributed by atoms with E-state index >= 15 is 0 Å². The summed E-state index contributed by atoms with van der Waals surface area (Å²) in [5.74, 6) is 0.714. The highest BCUT2D eigenvalue weighted by Crippen LogP contribution is 2.23. The van der Waals surface area contributed by atoms with E-state index < -0.39 is 11.5 Å². The molecule has 3 nitrogen and oxygen atoms in total. The second-order valence-corrected chi connectivity index (χ2v) is 6.31. The molecule has 1 rings (SSSR count). The van der Waals surface area contributed by atoms with E-state index in [-0.39, 0.29) is 17.3 Å². The summed E-state index contributed by atoms with van der Waals surface area (Å²) in [5.41, 5.74) is -0.578. The number of rotatable bonds is 3. The molecule has 0 aromatic carbocycles. The van der Waals surface area contributed by atoms with Crippen molar-refractivity contribution >= 4 is 29.2 Å². The molecule has 6 heteroatoms. The third-order valence-electron chi connectivity index (χ3n) is 2.51. The average molecular weight is 280 g/mol. The molecule has 0 fully saturated rings. The Morgan fingerprint density at radius 1 is 1.65 bits per heavy atom. The van der Waals surface area contributed by atoms with E-state index in [0.717, 1.165) is 5.75 Å². The number of nitrogens with one attached hydrogen (secondary N) is 2. The number of alkyl halides is 1. The highest BCUT2D eigenvalue weighted by molar-refractivity contribution is 7.98. The maximum atomic E-state index is 13.6. The standard InChI is InChI=1S/C11H19ClFN3S/c1-11(2,3)8(6-17-4)15-9-7(13)5-14-10(12)16-9/h5,8,10,14H,6H2,1-4H3,(H,15,16)/t8-,10?/m1/s1. The lowest BCUT2D eigenvalue weighted by atomic mass is 9.88. The second-order valence-electron chi connectivity index (χ2n) is 4.99. The molecule has 17 heavy (non-hydrogen) atoms. The fourth-order valence-corrected chi connectivity index (χ4v) is 2.45. The minimum atomic E-state index is -0.605. The number of thioether (sulfide) groups is 1. The van der Waals surface area contributed by atoms with Gasteiger partial charge in [-0.05, 0) is 11.7 Å². The van der Waals surface area contributed by atoms with Crippen LogP contribution >= 0.6 is 23.4 Å². The van der Waals surface area contributed by atoms with Gasteiger partial charge in [0.25, 0.3) is 0 Å². The Morgan fingerprint density at radius 3 is 2.82 bits per heavy atom. The van der Waals surface area contributed by atoms with Crippen LogP contribution in [0.2, 0.25) is 0 Å². The van der Waals surface area contributed by atoms with E-state index in [0.29, 0.717) is 0 Å². The van der Waals surface area contributed by atoms with E-state index in [1.54, 1.807) is 11.8 Å². The molecule has 1 heterocycles. The van der Waals surface area contributed by atoms with Gasteiger partial charge in [-0.15, -0.1) is 0 Å². The van der Waals surface area contributed by atoms with E-state index in [1.165, 1.54) is 6.20 Å². The quantitative estimate of drug-likeness (QED) is 0.616. The first-order valence-electron chi connectivity index (χ1n) is 5.44. The molecule has 0 amide bonds. The number of amidine groups is 1. The normalized spacial score (nSPS) is 22.4. The molecule has 2 N–H and O–H groups in total. The Labute approximate surface area is 111 Å². The van der Waals surface area contributed by atoms with E-state index in [4.69, 9.17) is 11.6 Å². The molecule has 0 aromatic heterocycles. The first kappa shape index (κ1) is 14.6. The van der Waals surface area contributed by atoms with Crippen LogP contribution < -0.4 is 10.6 Å². The molecule has 98 valence electrons. The summed E-state index contributed by atoms with van der Waals surface area (Å²) in [5, 5.41) is 5.74. The maximum absolute atomic E-state index is 13.6. The molecule has 0 aromatic rings. The Bertz CT molecular complexity index is 325. The van der Waals surface area contributed by atoms with Crippen molar-refractivity contribution in [3.8, 4) is 0 Å². The van der Waals surface area contributed by atoms with Gasteiger partial charge >= 0.3 is 0 Å². The number of aliphatic imine (C=N–C) groups is 1. The van der Waals surface area contributed by atoms with Crippen LogP contribution in [0.15, 0.2) is 17.0 Å². The van der Waals surface area contributed by atoms with Gasteiger partial charge in [0.15, 0.2) is 17.3 Å². The van der Waals surface area contributed by atoms with Crippen LogP contribution in [0.25, 0.3) is 0 Å². The number of hydrogen-bond donors (Lipinski definition) is 2. The van der Waals surface area contributed by atoms with Gasteiger partial charge in [0.1, 0.15) is 0 Å². The smallest absolute Gasteiger partial charge is 0.197 e. The monoisotopic (exact) mass is 279 g/mol. The average Bonchev–Trinajstić information content (AvgIpc) is 2.21. The first-order valence-corrected chi connectivity index (χ1v) is 7.27. The molecule has 2 atom stereocenters. The Balaban J connectivity index is 2.76. The topological polar surface area (TPSA) is 36.4 Å². The Hall–Kier alpha value is -0.420. The van der Waals surface area contributed by atoms with Gasteiger partial charge in [0, 0.05) is 18.0 Å². The molecule has 1 aliphatic heterocycles. The van der Waals surface area contributed by atoms with Gasteiger partial charge in [-0.25, -0.2) is 9.38 Å². The molecular weight excluding hydrogens is 261 g/mol. The van der Waals surface area contributed by atoms with Crippen molar-refractivity contribution in [1.82, 2.24) is 10.6 Å². The molecule has 0 spiro atoms. The van der Waals surface area contributed by atoms with Gasteiger partial charge in [0.2, 0.25) is 0 Å². The summed E-state index contributed by atoms with van der Waals surface area (Å²) in [6, 6.07) is 0.136. The molecule has 0 radical (unpaired) electrons.